The van der Waals surface area contributed by atoms with Gasteiger partial charge in [0.15, 0.2) is 17.3 Å². The predicted octanol–water partition coefficient (Wildman–Crippen LogP) is 4.58. The van der Waals surface area contributed by atoms with Crippen LogP contribution in [0.25, 0.3) is 22.0 Å². The van der Waals surface area contributed by atoms with Crippen LogP contribution in [0.3, 0.4) is 0 Å². The number of hydrogen-bond donors (Lipinski definition) is 1. The Balaban J connectivity index is 2.11. The van der Waals surface area contributed by atoms with E-state index in [0.717, 1.165) is 0 Å². The molecule has 8 heteroatoms. The summed E-state index contributed by atoms with van der Waals surface area (Å²) in [6.07, 6.45) is 1.58. The van der Waals surface area contributed by atoms with E-state index in [0.29, 0.717) is 32.4 Å². The monoisotopic (exact) mass is 438 g/mol. The van der Waals surface area contributed by atoms with Crippen LogP contribution in [0, 0.1) is 5.82 Å². The standard InChI is InChI=1S/C18H13BrClFN2O3/c1-25-15-7-10-14(8-16(15)26-2)22-17(23-18(10)24)12(20)6-9-3-4-13(21)11(19)5-9/h3-8H,1-2H3,(H,22,23,24). The minimum Gasteiger partial charge on any atom is -0.493 e. The van der Waals surface area contributed by atoms with Gasteiger partial charge in [0.05, 0.1) is 34.6 Å². The van der Waals surface area contributed by atoms with E-state index < -0.39 is 0 Å². The van der Waals surface area contributed by atoms with Gasteiger partial charge in [0.1, 0.15) is 5.82 Å². The number of methoxy groups -OCH3 is 2. The van der Waals surface area contributed by atoms with E-state index in [2.05, 4.69) is 25.9 Å². The lowest BCUT2D eigenvalue weighted by Gasteiger charge is -2.09. The lowest BCUT2D eigenvalue weighted by atomic mass is 10.2. The quantitative estimate of drug-likeness (QED) is 0.646. The van der Waals surface area contributed by atoms with Gasteiger partial charge in [-0.3, -0.25) is 4.79 Å². The minimum atomic E-state index is -0.378. The van der Waals surface area contributed by atoms with Crippen molar-refractivity contribution in [3.05, 3.63) is 62.4 Å². The number of nitrogens with one attached hydrogen (secondary N) is 1. The van der Waals surface area contributed by atoms with E-state index in [-0.39, 0.29) is 22.2 Å². The van der Waals surface area contributed by atoms with Gasteiger partial charge >= 0.3 is 0 Å². The second-order valence-electron chi connectivity index (χ2n) is 5.30. The van der Waals surface area contributed by atoms with Crippen LogP contribution in [0.1, 0.15) is 11.4 Å². The average molecular weight is 440 g/mol. The van der Waals surface area contributed by atoms with Gasteiger partial charge in [0.2, 0.25) is 0 Å². The van der Waals surface area contributed by atoms with Gasteiger partial charge in [-0.25, -0.2) is 9.37 Å². The molecule has 0 saturated heterocycles. The highest BCUT2D eigenvalue weighted by Gasteiger charge is 2.12. The molecule has 0 spiro atoms. The molecule has 0 saturated carbocycles. The molecule has 3 rings (SSSR count). The highest BCUT2D eigenvalue weighted by Crippen LogP contribution is 2.31. The number of aromatic nitrogens is 2. The van der Waals surface area contributed by atoms with Gasteiger partial charge in [-0.2, -0.15) is 0 Å². The van der Waals surface area contributed by atoms with Crippen LogP contribution >= 0.6 is 27.5 Å². The van der Waals surface area contributed by atoms with Crippen LogP contribution in [-0.4, -0.2) is 24.2 Å². The van der Waals surface area contributed by atoms with Gasteiger partial charge in [-0.1, -0.05) is 17.7 Å². The van der Waals surface area contributed by atoms with Crippen molar-refractivity contribution in [3.63, 3.8) is 0 Å². The summed E-state index contributed by atoms with van der Waals surface area (Å²) >= 11 is 9.42. The van der Waals surface area contributed by atoms with Crippen LogP contribution in [0.15, 0.2) is 39.6 Å². The molecule has 1 heterocycles. The summed E-state index contributed by atoms with van der Waals surface area (Å²) in [5.41, 5.74) is 0.698. The highest BCUT2D eigenvalue weighted by atomic mass is 79.9. The first kappa shape index (κ1) is 18.4. The molecule has 0 atom stereocenters. The first-order valence-corrected chi connectivity index (χ1v) is 8.58. The SMILES string of the molecule is COc1cc2nc(C(Cl)=Cc3ccc(F)c(Br)c3)[nH]c(=O)c2cc1OC. The Morgan fingerprint density at radius 1 is 1.23 bits per heavy atom. The lowest BCUT2D eigenvalue weighted by molar-refractivity contribution is 0.355. The zero-order chi connectivity index (χ0) is 18.8. The first-order chi connectivity index (χ1) is 12.4. The number of hydrogen-bond acceptors (Lipinski definition) is 4. The number of H-pyrrole nitrogens is 1. The van der Waals surface area contributed by atoms with Crippen molar-refractivity contribution < 1.29 is 13.9 Å². The third-order valence-electron chi connectivity index (χ3n) is 3.67. The molecule has 1 aromatic heterocycles. The van der Waals surface area contributed by atoms with E-state index in [9.17, 15) is 9.18 Å². The molecule has 0 aliphatic rings. The van der Waals surface area contributed by atoms with E-state index in [1.165, 1.54) is 20.3 Å². The van der Waals surface area contributed by atoms with E-state index in [1.54, 1.807) is 30.3 Å². The van der Waals surface area contributed by atoms with Crippen LogP contribution < -0.4 is 15.0 Å². The predicted molar refractivity (Wildman–Crippen MR) is 103 cm³/mol. The van der Waals surface area contributed by atoms with Crippen molar-refractivity contribution in [3.8, 4) is 11.5 Å². The van der Waals surface area contributed by atoms with Crippen molar-refractivity contribution in [2.75, 3.05) is 14.2 Å². The van der Waals surface area contributed by atoms with Crippen LogP contribution in [0.5, 0.6) is 11.5 Å². The minimum absolute atomic E-state index is 0.192. The largest absolute Gasteiger partial charge is 0.493 e. The molecular formula is C18H13BrClFN2O3. The number of rotatable bonds is 4. The average Bonchev–Trinajstić information content (AvgIpc) is 2.63. The van der Waals surface area contributed by atoms with Gasteiger partial charge in [-0.05, 0) is 45.8 Å². The Hall–Kier alpha value is -2.38. The van der Waals surface area contributed by atoms with E-state index >= 15 is 0 Å². The maximum absolute atomic E-state index is 13.3. The summed E-state index contributed by atoms with van der Waals surface area (Å²) in [6.45, 7) is 0. The fraction of sp³-hybridized carbons (Fsp3) is 0.111. The topological polar surface area (TPSA) is 64.2 Å². The summed E-state index contributed by atoms with van der Waals surface area (Å²) in [5.74, 6) is 0.692. The molecule has 26 heavy (non-hydrogen) atoms. The van der Waals surface area contributed by atoms with Gasteiger partial charge < -0.3 is 14.5 Å². The van der Waals surface area contributed by atoms with Gasteiger partial charge in [-0.15, -0.1) is 0 Å². The number of benzene rings is 2. The highest BCUT2D eigenvalue weighted by molar-refractivity contribution is 9.10. The second-order valence-corrected chi connectivity index (χ2v) is 6.57. The molecule has 0 radical (unpaired) electrons. The molecule has 0 fully saturated rings. The molecule has 1 N–H and O–H groups in total. The summed E-state index contributed by atoms with van der Waals surface area (Å²) in [5, 5.41) is 0.553. The fourth-order valence-electron chi connectivity index (χ4n) is 2.40. The number of aromatic amines is 1. The van der Waals surface area contributed by atoms with Crippen LogP contribution in [0.4, 0.5) is 4.39 Å². The fourth-order valence-corrected chi connectivity index (χ4v) is 3.01. The van der Waals surface area contributed by atoms with Crippen LogP contribution in [0.2, 0.25) is 0 Å². The third-order valence-corrected chi connectivity index (χ3v) is 4.57. The van der Waals surface area contributed by atoms with E-state index in [4.69, 9.17) is 21.1 Å². The van der Waals surface area contributed by atoms with Crippen LogP contribution in [-0.2, 0) is 0 Å². The van der Waals surface area contributed by atoms with Crippen molar-refractivity contribution in [1.82, 2.24) is 9.97 Å². The number of ether oxygens (including phenoxy) is 2. The molecule has 0 unspecified atom stereocenters. The molecule has 134 valence electrons. The Morgan fingerprint density at radius 3 is 2.58 bits per heavy atom. The summed E-state index contributed by atoms with van der Waals surface area (Å²) in [6, 6.07) is 7.61. The van der Waals surface area contributed by atoms with Crippen molar-refractivity contribution in [1.29, 1.82) is 0 Å². The maximum atomic E-state index is 13.3. The first-order valence-electron chi connectivity index (χ1n) is 7.41. The Labute approximate surface area is 161 Å². The Morgan fingerprint density at radius 2 is 1.92 bits per heavy atom. The molecule has 0 amide bonds. The van der Waals surface area contributed by atoms with Crippen molar-refractivity contribution in [2.24, 2.45) is 0 Å². The number of fused-ring (bicyclic) bond motifs is 1. The Bertz CT molecular complexity index is 1080. The van der Waals surface area contributed by atoms with Crippen molar-refractivity contribution in [2.45, 2.75) is 0 Å². The lowest BCUT2D eigenvalue weighted by Crippen LogP contribution is -2.11. The smallest absolute Gasteiger partial charge is 0.259 e. The molecule has 0 bridgehead atoms. The molecular weight excluding hydrogens is 427 g/mol. The summed E-state index contributed by atoms with van der Waals surface area (Å²) in [4.78, 5) is 19.4. The zero-order valence-electron chi connectivity index (χ0n) is 13.8. The van der Waals surface area contributed by atoms with Crippen molar-refractivity contribution >= 4 is 49.5 Å². The number of halogens is 3. The molecule has 0 aliphatic heterocycles. The Kier molecular flexibility index (Phi) is 5.29. The van der Waals surface area contributed by atoms with Gasteiger partial charge in [0.25, 0.3) is 5.56 Å². The van der Waals surface area contributed by atoms with Gasteiger partial charge in [0, 0.05) is 6.07 Å². The summed E-state index contributed by atoms with van der Waals surface area (Å²) in [7, 11) is 2.98. The number of nitrogens with zero attached hydrogens (tertiary/aromatic N) is 1. The molecule has 5 nitrogen and oxygen atoms in total. The molecule has 3 aromatic rings. The second kappa shape index (κ2) is 7.47. The third kappa shape index (κ3) is 3.59. The van der Waals surface area contributed by atoms with E-state index in [1.807, 2.05) is 0 Å². The normalized spacial score (nSPS) is 11.7. The molecule has 0 aliphatic carbocycles. The summed E-state index contributed by atoms with van der Waals surface area (Å²) < 4.78 is 24.1. The zero-order valence-corrected chi connectivity index (χ0v) is 16.1. The molecule has 2 aromatic carbocycles. The maximum Gasteiger partial charge on any atom is 0.259 e.